The van der Waals surface area contributed by atoms with Crippen molar-refractivity contribution in [3.05, 3.63) is 33.8 Å². The number of amides is 1. The third-order valence-corrected chi connectivity index (χ3v) is 5.44. The van der Waals surface area contributed by atoms with E-state index in [0.29, 0.717) is 29.5 Å². The molecular weight excluding hydrogens is 325 g/mol. The molecule has 4 nitrogen and oxygen atoms in total. The highest BCUT2D eigenvalue weighted by atomic mass is 35.5. The van der Waals surface area contributed by atoms with E-state index in [1.165, 1.54) is 0 Å². The van der Waals surface area contributed by atoms with E-state index in [4.69, 9.17) is 27.9 Å². The molecule has 1 unspecified atom stereocenters. The number of rotatable bonds is 2. The van der Waals surface area contributed by atoms with E-state index in [-0.39, 0.29) is 18.2 Å². The highest BCUT2D eigenvalue weighted by molar-refractivity contribution is 6.42. The smallest absolute Gasteiger partial charge is 0.410 e. The molecular formula is C16H19Cl2NO3. The van der Waals surface area contributed by atoms with Crippen molar-refractivity contribution in [3.63, 3.8) is 0 Å². The number of carbonyl (C=O) groups is 1. The number of benzene rings is 1. The van der Waals surface area contributed by atoms with Gasteiger partial charge in [0.1, 0.15) is 0 Å². The van der Waals surface area contributed by atoms with Gasteiger partial charge in [-0.1, -0.05) is 29.3 Å². The Kier molecular flexibility index (Phi) is 4.27. The van der Waals surface area contributed by atoms with Gasteiger partial charge in [-0.15, -0.1) is 0 Å². The van der Waals surface area contributed by atoms with Gasteiger partial charge < -0.3 is 14.7 Å². The number of piperidine rings is 1. The molecule has 2 heterocycles. The molecule has 3 atom stereocenters. The summed E-state index contributed by atoms with van der Waals surface area (Å²) in [5.74, 6) is 0. The zero-order chi connectivity index (χ0) is 15.9. The van der Waals surface area contributed by atoms with Crippen LogP contribution in [0.4, 0.5) is 4.79 Å². The first-order valence-electron chi connectivity index (χ1n) is 7.57. The fourth-order valence-electron chi connectivity index (χ4n) is 3.74. The van der Waals surface area contributed by atoms with Gasteiger partial charge in [0, 0.05) is 24.9 Å². The van der Waals surface area contributed by atoms with E-state index < -0.39 is 5.60 Å². The van der Waals surface area contributed by atoms with E-state index in [9.17, 15) is 9.90 Å². The average molecular weight is 344 g/mol. The zero-order valence-corrected chi connectivity index (χ0v) is 13.9. The Balaban J connectivity index is 1.84. The molecule has 2 fully saturated rings. The topological polar surface area (TPSA) is 49.8 Å². The van der Waals surface area contributed by atoms with Gasteiger partial charge in [0.2, 0.25) is 0 Å². The predicted molar refractivity (Wildman–Crippen MR) is 85.3 cm³/mol. The van der Waals surface area contributed by atoms with Crippen LogP contribution < -0.4 is 0 Å². The summed E-state index contributed by atoms with van der Waals surface area (Å²) in [5, 5.41) is 12.0. The molecule has 2 aliphatic heterocycles. The van der Waals surface area contributed by atoms with Crippen LogP contribution in [-0.2, 0) is 10.3 Å². The van der Waals surface area contributed by atoms with Crippen molar-refractivity contribution >= 4 is 29.3 Å². The van der Waals surface area contributed by atoms with Crippen LogP contribution in [0.2, 0.25) is 10.0 Å². The summed E-state index contributed by atoms with van der Waals surface area (Å²) in [6, 6.07) is 5.27. The first-order chi connectivity index (χ1) is 10.4. The molecule has 1 aromatic carbocycles. The molecule has 120 valence electrons. The van der Waals surface area contributed by atoms with Gasteiger partial charge in [0.25, 0.3) is 0 Å². The molecule has 1 aromatic rings. The molecule has 0 aromatic heterocycles. The van der Waals surface area contributed by atoms with Crippen LogP contribution in [0.3, 0.4) is 0 Å². The van der Waals surface area contributed by atoms with Crippen LogP contribution in [0.15, 0.2) is 18.2 Å². The van der Waals surface area contributed by atoms with Crippen LogP contribution in [0.5, 0.6) is 0 Å². The molecule has 0 spiro atoms. The van der Waals surface area contributed by atoms with Crippen LogP contribution in [-0.4, -0.2) is 34.8 Å². The molecule has 0 saturated carbocycles. The minimum atomic E-state index is -0.969. The van der Waals surface area contributed by atoms with Crippen molar-refractivity contribution in [2.45, 2.75) is 50.3 Å². The second kappa shape index (κ2) is 5.91. The van der Waals surface area contributed by atoms with Crippen molar-refractivity contribution in [2.24, 2.45) is 0 Å². The number of hydrogen-bond acceptors (Lipinski definition) is 3. The molecule has 0 aliphatic carbocycles. The number of fused-ring (bicyclic) bond motifs is 2. The van der Waals surface area contributed by atoms with Crippen LogP contribution in [0.25, 0.3) is 0 Å². The van der Waals surface area contributed by atoms with E-state index in [1.807, 2.05) is 6.07 Å². The summed E-state index contributed by atoms with van der Waals surface area (Å²) in [6.07, 6.45) is 2.52. The Morgan fingerprint density at radius 1 is 1.32 bits per heavy atom. The van der Waals surface area contributed by atoms with Crippen molar-refractivity contribution in [3.8, 4) is 0 Å². The van der Waals surface area contributed by atoms with Crippen molar-refractivity contribution in [1.82, 2.24) is 4.90 Å². The van der Waals surface area contributed by atoms with Crippen molar-refractivity contribution in [2.75, 3.05) is 6.61 Å². The molecule has 2 aliphatic rings. The summed E-state index contributed by atoms with van der Waals surface area (Å²) in [7, 11) is 0. The Hall–Kier alpha value is -0.970. The Bertz CT molecular complexity index is 579. The quantitative estimate of drug-likeness (QED) is 0.883. The summed E-state index contributed by atoms with van der Waals surface area (Å²) >= 11 is 12.0. The maximum atomic E-state index is 12.1. The lowest BCUT2D eigenvalue weighted by molar-refractivity contribution is -0.0525. The second-order valence-corrected chi connectivity index (χ2v) is 6.87. The highest BCUT2D eigenvalue weighted by Gasteiger charge is 2.50. The van der Waals surface area contributed by atoms with E-state index in [2.05, 4.69) is 0 Å². The van der Waals surface area contributed by atoms with Crippen LogP contribution >= 0.6 is 23.2 Å². The molecule has 6 heteroatoms. The first kappa shape index (κ1) is 15.9. The SMILES string of the molecule is CCOC(=O)N1[C@@H]2CC[C@H]1CC(O)(c1ccc(Cl)c(Cl)c1)C2. The van der Waals surface area contributed by atoms with E-state index in [1.54, 1.807) is 24.0 Å². The fraction of sp³-hybridized carbons (Fsp3) is 0.562. The second-order valence-electron chi connectivity index (χ2n) is 6.06. The molecule has 0 radical (unpaired) electrons. The van der Waals surface area contributed by atoms with Crippen molar-refractivity contribution < 1.29 is 14.6 Å². The van der Waals surface area contributed by atoms with Gasteiger partial charge in [0.05, 0.1) is 22.3 Å². The number of ether oxygens (including phenoxy) is 1. The molecule has 2 saturated heterocycles. The Morgan fingerprint density at radius 3 is 2.50 bits per heavy atom. The maximum absolute atomic E-state index is 12.1. The number of hydrogen-bond donors (Lipinski definition) is 1. The predicted octanol–water partition coefficient (Wildman–Crippen LogP) is 3.96. The summed E-state index contributed by atoms with van der Waals surface area (Å²) in [6.45, 7) is 2.17. The first-order valence-corrected chi connectivity index (χ1v) is 8.33. The van der Waals surface area contributed by atoms with Crippen LogP contribution in [0.1, 0.15) is 38.2 Å². The lowest BCUT2D eigenvalue weighted by Gasteiger charge is -2.43. The van der Waals surface area contributed by atoms with Gasteiger partial charge >= 0.3 is 6.09 Å². The molecule has 1 amide bonds. The minimum absolute atomic E-state index is 0.0113. The van der Waals surface area contributed by atoms with E-state index >= 15 is 0 Å². The average Bonchev–Trinajstić information content (AvgIpc) is 2.75. The standard InChI is InChI=1S/C16H19Cl2NO3/c1-2-22-15(20)19-11-4-5-12(19)9-16(21,8-11)10-3-6-13(17)14(18)7-10/h3,6-7,11-12,21H,2,4-5,8-9H2,1H3/t11-,12+,16?. The summed E-state index contributed by atoms with van der Waals surface area (Å²) in [5.41, 5.74) is -0.203. The third kappa shape index (κ3) is 2.68. The third-order valence-electron chi connectivity index (χ3n) is 4.70. The maximum Gasteiger partial charge on any atom is 0.410 e. The van der Waals surface area contributed by atoms with Gasteiger partial charge in [-0.05, 0) is 37.5 Å². The van der Waals surface area contributed by atoms with Gasteiger partial charge in [0.15, 0.2) is 0 Å². The number of carbonyl (C=O) groups excluding carboxylic acids is 1. The van der Waals surface area contributed by atoms with Crippen LogP contribution in [0, 0.1) is 0 Å². The van der Waals surface area contributed by atoms with Gasteiger partial charge in [-0.3, -0.25) is 0 Å². The molecule has 2 bridgehead atoms. The largest absolute Gasteiger partial charge is 0.450 e. The molecule has 3 rings (SSSR count). The minimum Gasteiger partial charge on any atom is -0.450 e. The monoisotopic (exact) mass is 343 g/mol. The Morgan fingerprint density at radius 2 is 1.95 bits per heavy atom. The van der Waals surface area contributed by atoms with Crippen molar-refractivity contribution in [1.29, 1.82) is 0 Å². The normalized spacial score (nSPS) is 30.5. The number of nitrogens with zero attached hydrogens (tertiary/aromatic N) is 1. The molecule has 22 heavy (non-hydrogen) atoms. The Labute approximate surface area is 140 Å². The number of aliphatic hydroxyl groups is 1. The van der Waals surface area contributed by atoms with Gasteiger partial charge in [-0.25, -0.2) is 4.79 Å². The zero-order valence-electron chi connectivity index (χ0n) is 12.4. The van der Waals surface area contributed by atoms with E-state index in [0.717, 1.165) is 18.4 Å². The molecule has 1 N–H and O–H groups in total. The summed E-state index contributed by atoms with van der Waals surface area (Å²) in [4.78, 5) is 13.9. The number of halogens is 2. The lowest BCUT2D eigenvalue weighted by atomic mass is 9.80. The summed E-state index contributed by atoms with van der Waals surface area (Å²) < 4.78 is 5.14. The van der Waals surface area contributed by atoms with Gasteiger partial charge in [-0.2, -0.15) is 0 Å². The fourth-order valence-corrected chi connectivity index (χ4v) is 4.04. The highest BCUT2D eigenvalue weighted by Crippen LogP contribution is 2.46. The lowest BCUT2D eigenvalue weighted by Crippen LogP contribution is -2.52.